The Hall–Kier alpha value is -0.770. The first-order chi connectivity index (χ1) is 9.15. The second-order valence-corrected chi connectivity index (χ2v) is 5.23. The summed E-state index contributed by atoms with van der Waals surface area (Å²) in [6.07, 6.45) is 2.00. The molecule has 3 nitrogen and oxygen atoms in total. The number of hydrogen-bond donors (Lipinski definition) is 2. The van der Waals surface area contributed by atoms with Crippen LogP contribution in [0.4, 0.5) is 0 Å². The largest absolute Gasteiger partial charge is 0.494 e. The van der Waals surface area contributed by atoms with Crippen molar-refractivity contribution >= 4 is 11.6 Å². The monoisotopic (exact) mass is 284 g/mol. The third kappa shape index (κ3) is 4.68. The van der Waals surface area contributed by atoms with Gasteiger partial charge in [-0.25, -0.2) is 0 Å². The number of benzene rings is 1. The molecule has 0 saturated carbocycles. The zero-order chi connectivity index (χ0) is 14.3. The molecule has 0 aliphatic rings. The Morgan fingerprint density at radius 1 is 1.21 bits per heavy atom. The summed E-state index contributed by atoms with van der Waals surface area (Å²) < 4.78 is 5.70. The van der Waals surface area contributed by atoms with Gasteiger partial charge in [-0.2, -0.15) is 0 Å². The summed E-state index contributed by atoms with van der Waals surface area (Å²) in [7, 11) is 0. The first kappa shape index (κ1) is 16.3. The highest BCUT2D eigenvalue weighted by molar-refractivity contribution is 6.30. The second kappa shape index (κ2) is 8.41. The molecule has 0 aliphatic heterocycles. The van der Waals surface area contributed by atoms with Gasteiger partial charge in [0.2, 0.25) is 0 Å². The van der Waals surface area contributed by atoms with E-state index in [1.807, 2.05) is 25.1 Å². The molecule has 1 aromatic carbocycles. The van der Waals surface area contributed by atoms with Crippen molar-refractivity contribution in [2.75, 3.05) is 19.7 Å². The normalized spacial score (nSPS) is 12.7. The summed E-state index contributed by atoms with van der Waals surface area (Å²) in [4.78, 5) is 0. The van der Waals surface area contributed by atoms with Crippen LogP contribution in [0.5, 0.6) is 5.75 Å². The van der Waals surface area contributed by atoms with E-state index in [9.17, 15) is 0 Å². The number of halogens is 1. The summed E-state index contributed by atoms with van der Waals surface area (Å²) >= 11 is 6.12. The Morgan fingerprint density at radius 3 is 2.42 bits per heavy atom. The topological polar surface area (TPSA) is 61.3 Å². The van der Waals surface area contributed by atoms with E-state index in [0.29, 0.717) is 31.5 Å². The molecule has 0 aromatic heterocycles. The molecule has 0 saturated heterocycles. The average molecular weight is 285 g/mol. The van der Waals surface area contributed by atoms with Crippen molar-refractivity contribution in [1.82, 2.24) is 0 Å². The smallest absolute Gasteiger partial charge is 0.122 e. The van der Waals surface area contributed by atoms with Crippen LogP contribution in [0.15, 0.2) is 18.2 Å². The van der Waals surface area contributed by atoms with Crippen LogP contribution in [-0.2, 0) is 0 Å². The van der Waals surface area contributed by atoms with Gasteiger partial charge in [-0.15, -0.1) is 0 Å². The molecule has 0 aliphatic carbocycles. The van der Waals surface area contributed by atoms with Crippen LogP contribution in [-0.4, -0.2) is 19.7 Å². The zero-order valence-corrected chi connectivity index (χ0v) is 12.6. The lowest BCUT2D eigenvalue weighted by molar-refractivity contribution is 0.329. The van der Waals surface area contributed by atoms with Gasteiger partial charge in [-0.05, 0) is 68.5 Å². The van der Waals surface area contributed by atoms with Crippen molar-refractivity contribution in [2.24, 2.45) is 17.4 Å². The molecule has 0 spiro atoms. The van der Waals surface area contributed by atoms with E-state index < -0.39 is 0 Å². The van der Waals surface area contributed by atoms with E-state index >= 15 is 0 Å². The summed E-state index contributed by atoms with van der Waals surface area (Å²) in [6, 6.07) is 5.82. The van der Waals surface area contributed by atoms with Gasteiger partial charge in [-0.1, -0.05) is 18.5 Å². The molecule has 1 atom stereocenters. The summed E-state index contributed by atoms with van der Waals surface area (Å²) in [5.74, 6) is 1.65. The Kier molecular flexibility index (Phi) is 7.21. The Morgan fingerprint density at radius 2 is 1.89 bits per heavy atom. The fourth-order valence-corrected chi connectivity index (χ4v) is 2.51. The summed E-state index contributed by atoms with van der Waals surface area (Å²) in [5, 5.41) is 0.744. The maximum absolute atomic E-state index is 6.12. The number of ether oxygens (including phenoxy) is 1. The molecule has 0 heterocycles. The number of nitrogens with two attached hydrogens (primary N) is 2. The van der Waals surface area contributed by atoms with Gasteiger partial charge in [0.15, 0.2) is 0 Å². The van der Waals surface area contributed by atoms with Crippen LogP contribution in [0.3, 0.4) is 0 Å². The second-order valence-electron chi connectivity index (χ2n) is 4.79. The number of hydrogen-bond acceptors (Lipinski definition) is 3. The van der Waals surface area contributed by atoms with Crippen molar-refractivity contribution < 1.29 is 4.74 Å². The average Bonchev–Trinajstić information content (AvgIpc) is 2.43. The Balaban J connectivity index is 2.98. The quantitative estimate of drug-likeness (QED) is 0.771. The maximum atomic E-state index is 6.12. The third-order valence-corrected chi connectivity index (χ3v) is 3.72. The van der Waals surface area contributed by atoms with E-state index in [-0.39, 0.29) is 0 Å². The van der Waals surface area contributed by atoms with Crippen molar-refractivity contribution in [2.45, 2.75) is 32.6 Å². The van der Waals surface area contributed by atoms with Gasteiger partial charge in [0.25, 0.3) is 0 Å². The third-order valence-electron chi connectivity index (χ3n) is 3.49. The minimum atomic E-state index is 0.346. The molecule has 19 heavy (non-hydrogen) atoms. The molecule has 4 N–H and O–H groups in total. The number of rotatable bonds is 8. The lowest BCUT2D eigenvalue weighted by Gasteiger charge is -2.23. The highest BCUT2D eigenvalue weighted by Crippen LogP contribution is 2.35. The van der Waals surface area contributed by atoms with E-state index in [2.05, 4.69) is 6.92 Å². The van der Waals surface area contributed by atoms with Gasteiger partial charge in [-0.3, -0.25) is 0 Å². The Labute approximate surface area is 121 Å². The molecule has 4 heteroatoms. The van der Waals surface area contributed by atoms with E-state index in [4.69, 9.17) is 27.8 Å². The van der Waals surface area contributed by atoms with Crippen molar-refractivity contribution in [3.05, 3.63) is 28.8 Å². The first-order valence-electron chi connectivity index (χ1n) is 6.98. The van der Waals surface area contributed by atoms with E-state index in [1.165, 1.54) is 5.56 Å². The lowest BCUT2D eigenvalue weighted by atomic mass is 9.86. The Bertz CT molecular complexity index is 380. The zero-order valence-electron chi connectivity index (χ0n) is 11.9. The molecule has 1 aromatic rings. The maximum Gasteiger partial charge on any atom is 0.122 e. The minimum absolute atomic E-state index is 0.346. The molecule has 0 radical (unpaired) electrons. The van der Waals surface area contributed by atoms with Gasteiger partial charge in [0.05, 0.1) is 6.61 Å². The molecule has 1 unspecified atom stereocenters. The fourth-order valence-electron chi connectivity index (χ4n) is 2.33. The van der Waals surface area contributed by atoms with Crippen molar-refractivity contribution in [3.8, 4) is 5.75 Å². The molecule has 0 fully saturated rings. The van der Waals surface area contributed by atoms with Crippen molar-refractivity contribution in [3.63, 3.8) is 0 Å². The van der Waals surface area contributed by atoms with E-state index in [1.54, 1.807) is 0 Å². The van der Waals surface area contributed by atoms with Gasteiger partial charge < -0.3 is 16.2 Å². The predicted octanol–water partition coefficient (Wildman–Crippen LogP) is 3.16. The van der Waals surface area contributed by atoms with Gasteiger partial charge in [0.1, 0.15) is 5.75 Å². The van der Waals surface area contributed by atoms with Crippen LogP contribution < -0.4 is 16.2 Å². The van der Waals surface area contributed by atoms with Gasteiger partial charge in [0, 0.05) is 5.02 Å². The molecule has 1 rings (SSSR count). The van der Waals surface area contributed by atoms with E-state index in [0.717, 1.165) is 23.6 Å². The highest BCUT2D eigenvalue weighted by Gasteiger charge is 2.19. The van der Waals surface area contributed by atoms with Crippen molar-refractivity contribution in [1.29, 1.82) is 0 Å². The predicted molar refractivity (Wildman–Crippen MR) is 81.9 cm³/mol. The van der Waals surface area contributed by atoms with Crippen LogP contribution in [0.25, 0.3) is 0 Å². The molecule has 0 bridgehead atoms. The highest BCUT2D eigenvalue weighted by atomic mass is 35.5. The van der Waals surface area contributed by atoms with Gasteiger partial charge >= 0.3 is 0 Å². The molecular formula is C15H25ClN2O. The summed E-state index contributed by atoms with van der Waals surface area (Å²) in [6.45, 7) is 6.06. The van der Waals surface area contributed by atoms with Crippen LogP contribution in [0.1, 0.15) is 38.2 Å². The first-order valence-corrected chi connectivity index (χ1v) is 7.36. The minimum Gasteiger partial charge on any atom is -0.494 e. The molecule has 108 valence electrons. The van der Waals surface area contributed by atoms with Crippen LogP contribution >= 0.6 is 11.6 Å². The molecular weight excluding hydrogens is 260 g/mol. The SMILES string of the molecule is CCOc1ccc(Cl)cc1C(CC)CC(CN)CN. The lowest BCUT2D eigenvalue weighted by Crippen LogP contribution is -2.25. The standard InChI is InChI=1S/C15H25ClN2O/c1-3-12(7-11(9-17)10-18)14-8-13(16)5-6-15(14)19-4-2/h5-6,8,11-12H,3-4,7,9-10,17-18H2,1-2H3. The van der Waals surface area contributed by atoms with Crippen LogP contribution in [0.2, 0.25) is 5.02 Å². The fraction of sp³-hybridized carbons (Fsp3) is 0.600. The van der Waals surface area contributed by atoms with Crippen LogP contribution in [0, 0.1) is 5.92 Å². The summed E-state index contributed by atoms with van der Waals surface area (Å²) in [5.41, 5.74) is 12.7. The molecule has 0 amide bonds.